The molecule has 29 heavy (non-hydrogen) atoms. The molecule has 4 rings (SSSR count). The van der Waals surface area contributed by atoms with Crippen molar-refractivity contribution in [3.63, 3.8) is 0 Å². The van der Waals surface area contributed by atoms with E-state index in [2.05, 4.69) is 29.6 Å². The number of morpholine rings is 1. The van der Waals surface area contributed by atoms with Crippen LogP contribution < -0.4 is 9.62 Å². The second-order valence-electron chi connectivity index (χ2n) is 6.30. The maximum Gasteiger partial charge on any atom is 0.265 e. The lowest BCUT2D eigenvalue weighted by molar-refractivity contribution is 0.122. The van der Waals surface area contributed by atoms with Gasteiger partial charge in [0.1, 0.15) is 22.2 Å². The molecular formula is C18H19N7O3S. The number of nitrogens with zero attached hydrogens (tertiary/aromatic N) is 6. The molecule has 0 spiro atoms. The van der Waals surface area contributed by atoms with Crippen LogP contribution in [0.5, 0.6) is 0 Å². The molecule has 4 heterocycles. The summed E-state index contributed by atoms with van der Waals surface area (Å²) >= 11 is 0. The highest BCUT2D eigenvalue weighted by atomic mass is 32.2. The molecule has 0 saturated carbocycles. The Balaban J connectivity index is 1.56. The van der Waals surface area contributed by atoms with Crippen molar-refractivity contribution < 1.29 is 13.2 Å². The highest BCUT2D eigenvalue weighted by Crippen LogP contribution is 2.19. The van der Waals surface area contributed by atoms with E-state index in [1.807, 2.05) is 4.90 Å². The van der Waals surface area contributed by atoms with E-state index in [1.54, 1.807) is 37.4 Å². The minimum absolute atomic E-state index is 0.0203. The van der Waals surface area contributed by atoms with Gasteiger partial charge in [-0.1, -0.05) is 6.07 Å². The van der Waals surface area contributed by atoms with Gasteiger partial charge in [-0.2, -0.15) is 9.97 Å². The number of pyridine rings is 2. The maximum absolute atomic E-state index is 12.7. The monoisotopic (exact) mass is 413 g/mol. The molecule has 0 atom stereocenters. The third kappa shape index (κ3) is 4.46. The molecule has 0 unspecified atom stereocenters. The molecule has 0 radical (unpaired) electrons. The molecule has 150 valence electrons. The van der Waals surface area contributed by atoms with Gasteiger partial charge in [-0.15, -0.1) is 0 Å². The first-order valence-corrected chi connectivity index (χ1v) is 10.5. The first-order valence-electron chi connectivity index (χ1n) is 8.97. The van der Waals surface area contributed by atoms with Gasteiger partial charge in [0.05, 0.1) is 13.2 Å². The summed E-state index contributed by atoms with van der Waals surface area (Å²) in [6.07, 6.45) is 2.93. The van der Waals surface area contributed by atoms with Gasteiger partial charge in [0.15, 0.2) is 5.82 Å². The zero-order valence-electron chi connectivity index (χ0n) is 15.7. The van der Waals surface area contributed by atoms with E-state index in [0.29, 0.717) is 30.5 Å². The Bertz CT molecular complexity index is 1090. The van der Waals surface area contributed by atoms with Crippen molar-refractivity contribution in [2.24, 2.45) is 0 Å². The Morgan fingerprint density at radius 2 is 1.86 bits per heavy atom. The zero-order chi connectivity index (χ0) is 20.3. The van der Waals surface area contributed by atoms with Crippen molar-refractivity contribution in [2.75, 3.05) is 35.9 Å². The minimum atomic E-state index is -3.91. The predicted octanol–water partition coefficient (Wildman–Crippen LogP) is 1.27. The van der Waals surface area contributed by atoms with Gasteiger partial charge in [0.25, 0.3) is 10.0 Å². The van der Waals surface area contributed by atoms with Crippen LogP contribution in [-0.4, -0.2) is 59.6 Å². The predicted molar refractivity (Wildman–Crippen MR) is 106 cm³/mol. The lowest BCUT2D eigenvalue weighted by atomic mass is 10.3. The summed E-state index contributed by atoms with van der Waals surface area (Å²) in [5.74, 6) is 1.30. The number of aryl methyl sites for hydroxylation is 1. The fourth-order valence-corrected chi connectivity index (χ4v) is 3.72. The largest absolute Gasteiger partial charge is 0.378 e. The second kappa shape index (κ2) is 8.05. The summed E-state index contributed by atoms with van der Waals surface area (Å²) in [6.45, 7) is 4.35. The summed E-state index contributed by atoms with van der Waals surface area (Å²) in [6, 6.07) is 8.49. The highest BCUT2D eigenvalue weighted by molar-refractivity contribution is 7.92. The Morgan fingerprint density at radius 3 is 2.55 bits per heavy atom. The van der Waals surface area contributed by atoms with Gasteiger partial charge >= 0.3 is 0 Å². The topological polar surface area (TPSA) is 123 Å². The van der Waals surface area contributed by atoms with Crippen molar-refractivity contribution in [3.8, 4) is 11.5 Å². The number of rotatable bonds is 5. The Labute approximate surface area is 168 Å². The van der Waals surface area contributed by atoms with E-state index in [9.17, 15) is 8.42 Å². The average Bonchev–Trinajstić information content (AvgIpc) is 2.74. The molecule has 3 aromatic rings. The lowest BCUT2D eigenvalue weighted by Crippen LogP contribution is -2.36. The summed E-state index contributed by atoms with van der Waals surface area (Å²) in [5, 5.41) is 0. The summed E-state index contributed by atoms with van der Waals surface area (Å²) in [4.78, 5) is 23.0. The van der Waals surface area contributed by atoms with Gasteiger partial charge in [-0.25, -0.2) is 23.1 Å². The average molecular weight is 413 g/mol. The number of sulfonamides is 1. The van der Waals surface area contributed by atoms with Crippen LogP contribution in [0.1, 0.15) is 5.82 Å². The van der Waals surface area contributed by atoms with E-state index in [-0.39, 0.29) is 16.7 Å². The van der Waals surface area contributed by atoms with Crippen LogP contribution in [0.25, 0.3) is 11.5 Å². The van der Waals surface area contributed by atoms with Crippen molar-refractivity contribution in [2.45, 2.75) is 11.8 Å². The van der Waals surface area contributed by atoms with Crippen LogP contribution in [0.4, 0.5) is 11.8 Å². The number of hydrogen-bond acceptors (Lipinski definition) is 9. The standard InChI is InChI=1S/C18H19N7O3S/c1-13-21-17(15-4-2-3-7-19-15)23-18(22-13)24-29(26,27)14-5-6-16(20-12-14)25-8-10-28-11-9-25/h2-7,12H,8-11H2,1H3,(H,21,22,23,24). The van der Waals surface area contributed by atoms with E-state index < -0.39 is 10.0 Å². The molecule has 0 bridgehead atoms. The molecular weight excluding hydrogens is 394 g/mol. The van der Waals surface area contributed by atoms with Crippen molar-refractivity contribution in [1.82, 2.24) is 24.9 Å². The molecule has 3 aromatic heterocycles. The number of ether oxygens (including phenoxy) is 1. The molecule has 0 aliphatic carbocycles. The summed E-state index contributed by atoms with van der Waals surface area (Å²) in [7, 11) is -3.91. The third-order valence-corrected chi connectivity index (χ3v) is 5.55. The van der Waals surface area contributed by atoms with Gasteiger partial charge in [0.2, 0.25) is 5.95 Å². The van der Waals surface area contributed by atoms with E-state index in [4.69, 9.17) is 4.74 Å². The van der Waals surface area contributed by atoms with E-state index in [0.717, 1.165) is 13.1 Å². The molecule has 0 aromatic carbocycles. The van der Waals surface area contributed by atoms with Crippen molar-refractivity contribution in [3.05, 3.63) is 48.5 Å². The lowest BCUT2D eigenvalue weighted by Gasteiger charge is -2.27. The van der Waals surface area contributed by atoms with Gasteiger partial charge in [0, 0.05) is 25.5 Å². The van der Waals surface area contributed by atoms with E-state index >= 15 is 0 Å². The Hall–Kier alpha value is -3.18. The number of anilines is 2. The van der Waals surface area contributed by atoms with Crippen LogP contribution in [0.15, 0.2) is 47.6 Å². The van der Waals surface area contributed by atoms with Crippen molar-refractivity contribution >= 4 is 21.8 Å². The number of aromatic nitrogens is 5. The van der Waals surface area contributed by atoms with E-state index in [1.165, 1.54) is 12.3 Å². The maximum atomic E-state index is 12.7. The second-order valence-corrected chi connectivity index (χ2v) is 7.98. The fraction of sp³-hybridized carbons (Fsp3) is 0.278. The van der Waals surface area contributed by atoms with Gasteiger partial charge in [-0.05, 0) is 31.2 Å². The van der Waals surface area contributed by atoms with Crippen LogP contribution in [-0.2, 0) is 14.8 Å². The quantitative estimate of drug-likeness (QED) is 0.658. The van der Waals surface area contributed by atoms with Crippen molar-refractivity contribution in [1.29, 1.82) is 0 Å². The molecule has 1 saturated heterocycles. The van der Waals surface area contributed by atoms with Crippen LogP contribution >= 0.6 is 0 Å². The number of hydrogen-bond donors (Lipinski definition) is 1. The van der Waals surface area contributed by atoms with Crippen LogP contribution in [0, 0.1) is 6.92 Å². The SMILES string of the molecule is Cc1nc(NS(=O)(=O)c2ccc(N3CCOCC3)nc2)nc(-c2ccccn2)n1. The van der Waals surface area contributed by atoms with Gasteiger partial charge < -0.3 is 9.64 Å². The van der Waals surface area contributed by atoms with Gasteiger partial charge in [-0.3, -0.25) is 4.98 Å². The van der Waals surface area contributed by atoms with Crippen LogP contribution in [0.2, 0.25) is 0 Å². The minimum Gasteiger partial charge on any atom is -0.378 e. The molecule has 0 amide bonds. The Kier molecular flexibility index (Phi) is 5.32. The molecule has 10 nitrogen and oxygen atoms in total. The first-order chi connectivity index (χ1) is 14.0. The molecule has 11 heteroatoms. The summed E-state index contributed by atoms with van der Waals surface area (Å²) in [5.41, 5.74) is 0.523. The molecule has 1 N–H and O–H groups in total. The summed E-state index contributed by atoms with van der Waals surface area (Å²) < 4.78 is 33.2. The normalized spacial score (nSPS) is 14.6. The molecule has 1 aliphatic heterocycles. The highest BCUT2D eigenvalue weighted by Gasteiger charge is 2.19. The number of nitrogens with one attached hydrogen (secondary N) is 1. The van der Waals surface area contributed by atoms with Crippen LogP contribution in [0.3, 0.4) is 0 Å². The first kappa shape index (κ1) is 19.2. The third-order valence-electron chi connectivity index (χ3n) is 4.23. The smallest absolute Gasteiger partial charge is 0.265 e. The molecule has 1 aliphatic rings. The fourth-order valence-electron chi connectivity index (χ4n) is 2.83. The Morgan fingerprint density at radius 1 is 1.03 bits per heavy atom. The molecule has 1 fully saturated rings. The zero-order valence-corrected chi connectivity index (χ0v) is 16.5.